The Balaban J connectivity index is 2.16. The molecule has 0 saturated heterocycles. The number of esters is 1. The summed E-state index contributed by atoms with van der Waals surface area (Å²) >= 11 is 1.33. The summed E-state index contributed by atoms with van der Waals surface area (Å²) in [4.78, 5) is 24.4. The van der Waals surface area contributed by atoms with Crippen LogP contribution in [0, 0.1) is 5.92 Å². The van der Waals surface area contributed by atoms with Gasteiger partial charge in [0, 0.05) is 10.8 Å². The van der Waals surface area contributed by atoms with Gasteiger partial charge in [-0.15, -0.1) is 11.3 Å². The largest absolute Gasteiger partial charge is 0.493 e. The smallest absolute Gasteiger partial charge is 0.313 e. The third-order valence-corrected chi connectivity index (χ3v) is 4.32. The second-order valence-corrected chi connectivity index (χ2v) is 6.62. The fourth-order valence-corrected chi connectivity index (χ4v) is 3.04. The lowest BCUT2D eigenvalue weighted by molar-refractivity contribution is -0.143. The summed E-state index contributed by atoms with van der Waals surface area (Å²) in [6.45, 7) is 4.22. The number of methoxy groups -OCH3 is 2. The van der Waals surface area contributed by atoms with Crippen LogP contribution in [0.1, 0.15) is 29.9 Å². The molecule has 0 fully saturated rings. The van der Waals surface area contributed by atoms with Gasteiger partial charge in [-0.2, -0.15) is 0 Å². The molecule has 6 heteroatoms. The van der Waals surface area contributed by atoms with Gasteiger partial charge in [0.15, 0.2) is 17.3 Å². The maximum Gasteiger partial charge on any atom is 0.313 e. The molecule has 1 heterocycles. The molecule has 1 aromatic heterocycles. The summed E-state index contributed by atoms with van der Waals surface area (Å²) in [6.07, 6.45) is -0.242. The predicted octanol–water partition coefficient (Wildman–Crippen LogP) is 3.69. The third kappa shape index (κ3) is 4.22. The lowest BCUT2D eigenvalue weighted by Gasteiger charge is -2.06. The second kappa shape index (κ2) is 7.46. The van der Waals surface area contributed by atoms with Crippen molar-refractivity contribution in [3.05, 3.63) is 23.1 Å². The number of carbonyl (C=O) groups is 2. The molecule has 2 aromatic rings. The van der Waals surface area contributed by atoms with E-state index in [-0.39, 0.29) is 18.1 Å². The van der Waals surface area contributed by atoms with E-state index in [1.807, 2.05) is 26.0 Å². The van der Waals surface area contributed by atoms with Crippen molar-refractivity contribution in [1.82, 2.24) is 0 Å². The minimum absolute atomic E-state index is 0.238. The van der Waals surface area contributed by atoms with Crippen molar-refractivity contribution in [2.24, 2.45) is 5.92 Å². The molecule has 0 saturated carbocycles. The molecule has 5 nitrogen and oxygen atoms in total. The van der Waals surface area contributed by atoms with E-state index in [0.717, 1.165) is 10.1 Å². The molecule has 0 aliphatic carbocycles. The molecular weight excluding hydrogens is 316 g/mol. The van der Waals surface area contributed by atoms with E-state index in [1.54, 1.807) is 20.3 Å². The minimum atomic E-state index is -0.490. The van der Waals surface area contributed by atoms with E-state index in [2.05, 4.69) is 0 Å². The summed E-state index contributed by atoms with van der Waals surface area (Å²) in [5.74, 6) is 0.734. The molecule has 2 rings (SSSR count). The zero-order valence-electron chi connectivity index (χ0n) is 13.7. The van der Waals surface area contributed by atoms with Gasteiger partial charge in [0.25, 0.3) is 0 Å². The lowest BCUT2D eigenvalue weighted by Crippen LogP contribution is -2.13. The fraction of sp³-hybridized carbons (Fsp3) is 0.412. The maximum absolute atomic E-state index is 12.2. The molecule has 0 aliphatic rings. The topological polar surface area (TPSA) is 61.8 Å². The number of Topliss-reactive ketones (excluding diaryl/α,β-unsaturated/α-hetero) is 1. The Kier molecular flexibility index (Phi) is 5.60. The zero-order valence-corrected chi connectivity index (χ0v) is 14.5. The molecule has 0 unspecified atom stereocenters. The van der Waals surface area contributed by atoms with Crippen LogP contribution in [0.5, 0.6) is 11.5 Å². The summed E-state index contributed by atoms with van der Waals surface area (Å²) in [7, 11) is 3.13. The Morgan fingerprint density at radius 2 is 1.74 bits per heavy atom. The molecule has 124 valence electrons. The second-order valence-electron chi connectivity index (χ2n) is 5.53. The summed E-state index contributed by atoms with van der Waals surface area (Å²) in [5, 5.41) is 0.881. The van der Waals surface area contributed by atoms with Gasteiger partial charge in [-0.3, -0.25) is 9.59 Å². The standard InChI is InChI=1S/C17H20O5S/c1-10(2)9-22-17(19)7-12(18)16-6-11-5-13(20-3)14(21-4)8-15(11)23-16/h5-6,8,10H,7,9H2,1-4H3. The zero-order chi connectivity index (χ0) is 17.0. The van der Waals surface area contributed by atoms with Gasteiger partial charge in [0.05, 0.1) is 25.7 Å². The molecule has 0 amide bonds. The Morgan fingerprint density at radius 3 is 2.35 bits per heavy atom. The van der Waals surface area contributed by atoms with Crippen molar-refractivity contribution in [2.75, 3.05) is 20.8 Å². The van der Waals surface area contributed by atoms with Crippen LogP contribution in [0.4, 0.5) is 0 Å². The summed E-state index contributed by atoms with van der Waals surface area (Å²) in [6, 6.07) is 5.41. The molecule has 0 N–H and O–H groups in total. The van der Waals surface area contributed by atoms with Crippen molar-refractivity contribution in [1.29, 1.82) is 0 Å². The normalized spacial score (nSPS) is 10.8. The molecule has 0 aliphatic heterocycles. The summed E-state index contributed by atoms with van der Waals surface area (Å²) in [5.41, 5.74) is 0. The van der Waals surface area contributed by atoms with Crippen molar-refractivity contribution < 1.29 is 23.8 Å². The highest BCUT2D eigenvalue weighted by molar-refractivity contribution is 7.20. The van der Waals surface area contributed by atoms with Gasteiger partial charge < -0.3 is 14.2 Å². The SMILES string of the molecule is COc1cc2cc(C(=O)CC(=O)OCC(C)C)sc2cc1OC. The molecular formula is C17H20O5S. The molecule has 0 spiro atoms. The van der Waals surface area contributed by atoms with Gasteiger partial charge >= 0.3 is 5.97 Å². The van der Waals surface area contributed by atoms with Crippen LogP contribution in [-0.4, -0.2) is 32.6 Å². The maximum atomic E-state index is 12.2. The monoisotopic (exact) mass is 336 g/mol. The van der Waals surface area contributed by atoms with E-state index in [1.165, 1.54) is 11.3 Å². The fourth-order valence-electron chi connectivity index (χ4n) is 2.03. The van der Waals surface area contributed by atoms with Crippen molar-refractivity contribution >= 4 is 33.2 Å². The van der Waals surface area contributed by atoms with Crippen LogP contribution in [-0.2, 0) is 9.53 Å². The molecule has 23 heavy (non-hydrogen) atoms. The van der Waals surface area contributed by atoms with Crippen LogP contribution < -0.4 is 9.47 Å². The quantitative estimate of drug-likeness (QED) is 0.438. The van der Waals surface area contributed by atoms with Crippen LogP contribution in [0.2, 0.25) is 0 Å². The lowest BCUT2D eigenvalue weighted by atomic mass is 10.2. The van der Waals surface area contributed by atoms with E-state index in [4.69, 9.17) is 14.2 Å². The molecule has 0 atom stereocenters. The average Bonchev–Trinajstić information content (AvgIpc) is 2.94. The molecule has 0 bridgehead atoms. The first-order chi connectivity index (χ1) is 10.9. The number of rotatable bonds is 7. The van der Waals surface area contributed by atoms with Crippen LogP contribution in [0.25, 0.3) is 10.1 Å². The van der Waals surface area contributed by atoms with Gasteiger partial charge in [-0.05, 0) is 23.4 Å². The minimum Gasteiger partial charge on any atom is -0.493 e. The number of hydrogen-bond acceptors (Lipinski definition) is 6. The first kappa shape index (κ1) is 17.3. The van der Waals surface area contributed by atoms with Crippen molar-refractivity contribution in [2.45, 2.75) is 20.3 Å². The molecule has 0 radical (unpaired) electrons. The molecule has 1 aromatic carbocycles. The highest BCUT2D eigenvalue weighted by Gasteiger charge is 2.17. The Morgan fingerprint density at radius 1 is 1.09 bits per heavy atom. The van der Waals surface area contributed by atoms with E-state index >= 15 is 0 Å². The average molecular weight is 336 g/mol. The van der Waals surface area contributed by atoms with Gasteiger partial charge in [-0.1, -0.05) is 13.8 Å². The van der Waals surface area contributed by atoms with Crippen molar-refractivity contribution in [3.8, 4) is 11.5 Å². The Hall–Kier alpha value is -2.08. The van der Waals surface area contributed by atoms with Crippen LogP contribution in [0.3, 0.4) is 0 Å². The highest BCUT2D eigenvalue weighted by atomic mass is 32.1. The number of hydrogen-bond donors (Lipinski definition) is 0. The first-order valence-corrected chi connectivity index (χ1v) is 8.10. The number of ether oxygens (including phenoxy) is 3. The third-order valence-electron chi connectivity index (χ3n) is 3.18. The van der Waals surface area contributed by atoms with Gasteiger partial charge in [-0.25, -0.2) is 0 Å². The van der Waals surface area contributed by atoms with E-state index in [0.29, 0.717) is 23.0 Å². The number of carbonyl (C=O) groups excluding carboxylic acids is 2. The number of thiophene rings is 1. The van der Waals surface area contributed by atoms with Gasteiger partial charge in [0.1, 0.15) is 6.42 Å². The van der Waals surface area contributed by atoms with E-state index < -0.39 is 5.97 Å². The summed E-state index contributed by atoms with van der Waals surface area (Å²) < 4.78 is 16.5. The predicted molar refractivity (Wildman–Crippen MR) is 89.7 cm³/mol. The number of fused-ring (bicyclic) bond motifs is 1. The Labute approximate surface area is 139 Å². The number of benzene rings is 1. The van der Waals surface area contributed by atoms with E-state index in [9.17, 15) is 9.59 Å². The number of ketones is 1. The highest BCUT2D eigenvalue weighted by Crippen LogP contribution is 2.36. The Bertz CT molecular complexity index is 676. The van der Waals surface area contributed by atoms with Gasteiger partial charge in [0.2, 0.25) is 0 Å². The van der Waals surface area contributed by atoms with Crippen LogP contribution >= 0.6 is 11.3 Å². The first-order valence-electron chi connectivity index (χ1n) is 7.29. The van der Waals surface area contributed by atoms with Crippen LogP contribution in [0.15, 0.2) is 18.2 Å². The van der Waals surface area contributed by atoms with Crippen molar-refractivity contribution in [3.63, 3.8) is 0 Å².